The lowest BCUT2D eigenvalue weighted by Crippen LogP contribution is -2.40. The molecule has 0 aromatic rings. The van der Waals surface area contributed by atoms with Crippen molar-refractivity contribution in [2.45, 2.75) is 51.2 Å². The smallest absolute Gasteiger partial charge is 0.308 e. The van der Waals surface area contributed by atoms with Crippen LogP contribution in [0.5, 0.6) is 0 Å². The van der Waals surface area contributed by atoms with Crippen LogP contribution in [-0.4, -0.2) is 42.3 Å². The number of esters is 1. The molecule has 0 heterocycles. The molecule has 0 spiro atoms. The van der Waals surface area contributed by atoms with Crippen molar-refractivity contribution >= 4 is 11.9 Å². The van der Waals surface area contributed by atoms with Gasteiger partial charge >= 0.3 is 5.97 Å². The third-order valence-corrected chi connectivity index (χ3v) is 3.48. The van der Waals surface area contributed by atoms with Gasteiger partial charge in [-0.1, -0.05) is 0 Å². The molecule has 0 bridgehead atoms. The molecule has 1 aliphatic rings. The van der Waals surface area contributed by atoms with Crippen LogP contribution in [-0.2, 0) is 14.3 Å². The van der Waals surface area contributed by atoms with Crippen molar-refractivity contribution in [3.05, 3.63) is 0 Å². The van der Waals surface area contributed by atoms with Gasteiger partial charge < -0.3 is 20.9 Å². The van der Waals surface area contributed by atoms with Gasteiger partial charge in [0, 0.05) is 18.5 Å². The van der Waals surface area contributed by atoms with E-state index in [9.17, 15) is 14.7 Å². The van der Waals surface area contributed by atoms with Crippen molar-refractivity contribution in [3.63, 3.8) is 0 Å². The standard InChI is InChI=1S/C13H24N2O4/c1-2-19-12(17)7-11(16)8-15-10-5-3-9(4-6-10)13(14)18/h9-11,15-16H,2-8H2,1H3,(H2,14,18). The second-order valence-electron chi connectivity index (χ2n) is 5.02. The van der Waals surface area contributed by atoms with Gasteiger partial charge in [0.2, 0.25) is 5.91 Å². The highest BCUT2D eigenvalue weighted by Crippen LogP contribution is 2.23. The largest absolute Gasteiger partial charge is 0.466 e. The molecule has 1 rings (SSSR count). The van der Waals surface area contributed by atoms with Gasteiger partial charge in [-0.05, 0) is 32.6 Å². The van der Waals surface area contributed by atoms with Crippen LogP contribution in [0, 0.1) is 5.92 Å². The second-order valence-corrected chi connectivity index (χ2v) is 5.02. The molecule has 6 nitrogen and oxygen atoms in total. The molecule has 1 amide bonds. The number of nitrogens with two attached hydrogens (primary N) is 1. The van der Waals surface area contributed by atoms with E-state index in [-0.39, 0.29) is 30.3 Å². The minimum absolute atomic E-state index is 0.0114. The van der Waals surface area contributed by atoms with Gasteiger partial charge in [0.25, 0.3) is 0 Å². The number of amides is 1. The van der Waals surface area contributed by atoms with Gasteiger partial charge in [-0.3, -0.25) is 9.59 Å². The number of aliphatic hydroxyl groups excluding tert-OH is 1. The predicted octanol–water partition coefficient (Wildman–Crippen LogP) is -0.0658. The number of carbonyl (C=O) groups is 2. The van der Waals surface area contributed by atoms with E-state index in [1.807, 2.05) is 0 Å². The number of nitrogens with one attached hydrogen (secondary N) is 1. The summed E-state index contributed by atoms with van der Waals surface area (Å²) >= 11 is 0. The molecule has 0 saturated heterocycles. The predicted molar refractivity (Wildman–Crippen MR) is 70.2 cm³/mol. The van der Waals surface area contributed by atoms with Gasteiger partial charge in [-0.2, -0.15) is 0 Å². The summed E-state index contributed by atoms with van der Waals surface area (Å²) in [5.41, 5.74) is 5.27. The van der Waals surface area contributed by atoms with Gasteiger partial charge in [-0.15, -0.1) is 0 Å². The molecular weight excluding hydrogens is 248 g/mol. The summed E-state index contributed by atoms with van der Waals surface area (Å²) in [7, 11) is 0. The number of aliphatic hydroxyl groups is 1. The molecule has 1 atom stereocenters. The molecule has 0 aromatic heterocycles. The van der Waals surface area contributed by atoms with Gasteiger partial charge in [0.1, 0.15) is 0 Å². The molecule has 4 N–H and O–H groups in total. The second kappa shape index (κ2) is 8.12. The highest BCUT2D eigenvalue weighted by molar-refractivity contribution is 5.76. The van der Waals surface area contributed by atoms with Crippen LogP contribution >= 0.6 is 0 Å². The fraction of sp³-hybridized carbons (Fsp3) is 0.846. The average molecular weight is 272 g/mol. The van der Waals surface area contributed by atoms with E-state index in [2.05, 4.69) is 5.32 Å². The van der Waals surface area contributed by atoms with E-state index < -0.39 is 6.10 Å². The molecule has 0 aromatic carbocycles. The Morgan fingerprint density at radius 2 is 2.00 bits per heavy atom. The topological polar surface area (TPSA) is 102 Å². The van der Waals surface area contributed by atoms with Crippen molar-refractivity contribution in [2.24, 2.45) is 11.7 Å². The van der Waals surface area contributed by atoms with Gasteiger partial charge in [0.15, 0.2) is 0 Å². The van der Waals surface area contributed by atoms with Crippen LogP contribution in [0.25, 0.3) is 0 Å². The van der Waals surface area contributed by atoms with E-state index in [0.717, 1.165) is 25.7 Å². The Bertz CT molecular complexity index is 301. The molecule has 1 fully saturated rings. The van der Waals surface area contributed by atoms with E-state index >= 15 is 0 Å². The first-order valence-electron chi connectivity index (χ1n) is 6.89. The lowest BCUT2D eigenvalue weighted by atomic mass is 9.85. The van der Waals surface area contributed by atoms with Crippen LogP contribution < -0.4 is 11.1 Å². The van der Waals surface area contributed by atoms with E-state index in [0.29, 0.717) is 13.2 Å². The van der Waals surface area contributed by atoms with Crippen LogP contribution in [0.1, 0.15) is 39.0 Å². The van der Waals surface area contributed by atoms with Crippen LogP contribution in [0.3, 0.4) is 0 Å². The lowest BCUT2D eigenvalue weighted by Gasteiger charge is -2.28. The Hall–Kier alpha value is -1.14. The maximum atomic E-state index is 11.2. The zero-order chi connectivity index (χ0) is 14.3. The summed E-state index contributed by atoms with van der Waals surface area (Å²) in [5.74, 6) is -0.613. The third-order valence-electron chi connectivity index (χ3n) is 3.48. The molecule has 6 heteroatoms. The maximum Gasteiger partial charge on any atom is 0.308 e. The first-order chi connectivity index (χ1) is 9.02. The summed E-state index contributed by atoms with van der Waals surface area (Å²) in [5, 5.41) is 12.9. The molecule has 1 unspecified atom stereocenters. The zero-order valence-corrected chi connectivity index (χ0v) is 11.4. The van der Waals surface area contributed by atoms with Crippen molar-refractivity contribution in [3.8, 4) is 0 Å². The summed E-state index contributed by atoms with van der Waals surface area (Å²) in [6.07, 6.45) is 2.62. The highest BCUT2D eigenvalue weighted by Gasteiger charge is 2.24. The molecule has 0 aliphatic heterocycles. The van der Waals surface area contributed by atoms with Crippen molar-refractivity contribution in [1.29, 1.82) is 0 Å². The number of hydrogen-bond acceptors (Lipinski definition) is 5. The first-order valence-corrected chi connectivity index (χ1v) is 6.89. The molecular formula is C13H24N2O4. The zero-order valence-electron chi connectivity index (χ0n) is 11.4. The van der Waals surface area contributed by atoms with E-state index in [1.165, 1.54) is 0 Å². The molecule has 1 aliphatic carbocycles. The van der Waals surface area contributed by atoms with Crippen LogP contribution in [0.15, 0.2) is 0 Å². The number of primary amides is 1. The Morgan fingerprint density at radius 1 is 1.37 bits per heavy atom. The SMILES string of the molecule is CCOC(=O)CC(O)CNC1CCC(C(N)=O)CC1. The third kappa shape index (κ3) is 6.02. The molecule has 19 heavy (non-hydrogen) atoms. The summed E-state index contributed by atoms with van der Waals surface area (Å²) in [6, 6.07) is 0.285. The monoisotopic (exact) mass is 272 g/mol. The fourth-order valence-corrected chi connectivity index (χ4v) is 2.37. The van der Waals surface area contributed by atoms with Crippen molar-refractivity contribution in [2.75, 3.05) is 13.2 Å². The number of hydrogen-bond donors (Lipinski definition) is 3. The summed E-state index contributed by atoms with van der Waals surface area (Å²) in [6.45, 7) is 2.43. The highest BCUT2D eigenvalue weighted by atomic mass is 16.5. The molecule has 1 saturated carbocycles. The molecule has 0 radical (unpaired) electrons. The maximum absolute atomic E-state index is 11.2. The Kier molecular flexibility index (Phi) is 6.80. The Morgan fingerprint density at radius 3 is 2.53 bits per heavy atom. The first kappa shape index (κ1) is 15.9. The minimum atomic E-state index is -0.729. The average Bonchev–Trinajstić information content (AvgIpc) is 2.37. The van der Waals surface area contributed by atoms with Gasteiger partial charge in [0.05, 0.1) is 19.1 Å². The van der Waals surface area contributed by atoms with E-state index in [4.69, 9.17) is 10.5 Å². The Balaban J connectivity index is 2.16. The number of carbonyl (C=O) groups excluding carboxylic acids is 2. The minimum Gasteiger partial charge on any atom is -0.466 e. The fourth-order valence-electron chi connectivity index (χ4n) is 2.37. The van der Waals surface area contributed by atoms with Crippen LogP contribution in [0.2, 0.25) is 0 Å². The quantitative estimate of drug-likeness (QED) is 0.563. The van der Waals surface area contributed by atoms with Crippen molar-refractivity contribution < 1.29 is 19.4 Å². The van der Waals surface area contributed by atoms with E-state index in [1.54, 1.807) is 6.92 Å². The van der Waals surface area contributed by atoms with Crippen LogP contribution in [0.4, 0.5) is 0 Å². The number of ether oxygens (including phenoxy) is 1. The lowest BCUT2D eigenvalue weighted by molar-refractivity contribution is -0.145. The van der Waals surface area contributed by atoms with Crippen molar-refractivity contribution in [1.82, 2.24) is 5.32 Å². The normalized spacial score (nSPS) is 24.7. The number of rotatable bonds is 7. The molecule has 110 valence electrons. The summed E-state index contributed by atoms with van der Waals surface area (Å²) < 4.78 is 4.77. The Labute approximate surface area is 113 Å². The van der Waals surface area contributed by atoms with Gasteiger partial charge in [-0.25, -0.2) is 0 Å². The summed E-state index contributed by atoms with van der Waals surface area (Å²) in [4.78, 5) is 22.2.